The van der Waals surface area contributed by atoms with Crippen LogP contribution in [0.1, 0.15) is 18.4 Å². The van der Waals surface area contributed by atoms with Gasteiger partial charge in [0.1, 0.15) is 0 Å². The zero-order chi connectivity index (χ0) is 17.4. The van der Waals surface area contributed by atoms with Crippen LogP contribution in [0.3, 0.4) is 0 Å². The smallest absolute Gasteiger partial charge is 0.230 e. The first-order chi connectivity index (χ1) is 12.1. The molecule has 0 saturated heterocycles. The average molecular weight is 399 g/mol. The Morgan fingerprint density at radius 3 is 2.60 bits per heavy atom. The van der Waals surface area contributed by atoms with Crippen LogP contribution in [0, 0.1) is 11.8 Å². The summed E-state index contributed by atoms with van der Waals surface area (Å²) in [6.45, 7) is 0.743. The van der Waals surface area contributed by atoms with Gasteiger partial charge in [0.05, 0.1) is 11.8 Å². The Hall–Kier alpha value is -2.14. The quantitative estimate of drug-likeness (QED) is 0.848. The summed E-state index contributed by atoms with van der Waals surface area (Å²) in [4.78, 5) is 27.2. The lowest BCUT2D eigenvalue weighted by Gasteiger charge is -2.29. The van der Waals surface area contributed by atoms with E-state index in [1.165, 1.54) is 5.56 Å². The number of carbonyl (C=O) groups is 2. The maximum Gasteiger partial charge on any atom is 0.230 e. The molecule has 2 unspecified atom stereocenters. The van der Waals surface area contributed by atoms with E-state index >= 15 is 0 Å². The predicted octanol–water partition coefficient (Wildman–Crippen LogP) is 4.00. The number of halogens is 1. The molecular formula is C20H19BrN2O2. The molecule has 0 bridgehead atoms. The number of nitrogens with zero attached hydrogens (tertiary/aromatic N) is 1. The Bertz CT molecular complexity index is 819. The molecule has 0 spiro atoms. The topological polar surface area (TPSA) is 49.4 Å². The summed E-state index contributed by atoms with van der Waals surface area (Å²) in [6, 6.07) is 15.5. The van der Waals surface area contributed by atoms with E-state index in [0.717, 1.165) is 35.2 Å². The van der Waals surface area contributed by atoms with Crippen molar-refractivity contribution >= 4 is 39.1 Å². The van der Waals surface area contributed by atoms with Crippen molar-refractivity contribution in [2.75, 3.05) is 16.8 Å². The van der Waals surface area contributed by atoms with Gasteiger partial charge in [0.15, 0.2) is 0 Å². The summed E-state index contributed by atoms with van der Waals surface area (Å²) in [5.41, 5.74) is 2.99. The highest BCUT2D eigenvalue weighted by atomic mass is 79.9. The van der Waals surface area contributed by atoms with Crippen molar-refractivity contribution in [3.63, 3.8) is 0 Å². The van der Waals surface area contributed by atoms with E-state index in [-0.39, 0.29) is 23.7 Å². The number of hydrogen-bond acceptors (Lipinski definition) is 2. The molecule has 1 saturated carbocycles. The molecule has 2 aromatic rings. The third-order valence-corrected chi connectivity index (χ3v) is 5.46. The number of carbonyl (C=O) groups excluding carboxylic acids is 2. The van der Waals surface area contributed by atoms with Gasteiger partial charge in [0, 0.05) is 22.4 Å². The first-order valence-electron chi connectivity index (χ1n) is 8.59. The predicted molar refractivity (Wildman–Crippen MR) is 101 cm³/mol. The molecule has 4 nitrogen and oxygen atoms in total. The maximum atomic E-state index is 12.9. The van der Waals surface area contributed by atoms with Gasteiger partial charge in [-0.15, -0.1) is 0 Å². The largest absolute Gasteiger partial charge is 0.326 e. The maximum absolute atomic E-state index is 12.9. The van der Waals surface area contributed by atoms with Gasteiger partial charge in [0.25, 0.3) is 0 Å². The monoisotopic (exact) mass is 398 g/mol. The molecule has 5 heteroatoms. The van der Waals surface area contributed by atoms with Gasteiger partial charge in [-0.05, 0) is 55.2 Å². The van der Waals surface area contributed by atoms with Gasteiger partial charge >= 0.3 is 0 Å². The molecule has 1 aliphatic heterocycles. The van der Waals surface area contributed by atoms with E-state index in [1.54, 1.807) is 0 Å². The van der Waals surface area contributed by atoms with Crippen molar-refractivity contribution in [3.8, 4) is 0 Å². The van der Waals surface area contributed by atoms with Crippen LogP contribution in [0.4, 0.5) is 11.4 Å². The lowest BCUT2D eigenvalue weighted by molar-refractivity contribution is -0.123. The van der Waals surface area contributed by atoms with E-state index in [9.17, 15) is 9.59 Å². The van der Waals surface area contributed by atoms with Crippen molar-refractivity contribution in [1.29, 1.82) is 0 Å². The summed E-state index contributed by atoms with van der Waals surface area (Å²) in [5.74, 6) is -0.388. The minimum Gasteiger partial charge on any atom is -0.326 e. The van der Waals surface area contributed by atoms with Gasteiger partial charge in [-0.25, -0.2) is 0 Å². The Balaban J connectivity index is 1.42. The lowest BCUT2D eigenvalue weighted by Crippen LogP contribution is -2.37. The highest BCUT2D eigenvalue weighted by molar-refractivity contribution is 9.10. The summed E-state index contributed by atoms with van der Waals surface area (Å²) < 4.78 is 0.966. The van der Waals surface area contributed by atoms with Crippen molar-refractivity contribution in [2.45, 2.75) is 19.3 Å². The molecule has 0 radical (unpaired) electrons. The fourth-order valence-electron chi connectivity index (χ4n) is 3.49. The van der Waals surface area contributed by atoms with Crippen LogP contribution in [0.25, 0.3) is 0 Å². The zero-order valence-electron chi connectivity index (χ0n) is 13.7. The molecule has 2 aromatic carbocycles. The Labute approximate surface area is 155 Å². The second kappa shape index (κ2) is 6.64. The number of rotatable bonds is 3. The van der Waals surface area contributed by atoms with Crippen LogP contribution >= 0.6 is 15.9 Å². The van der Waals surface area contributed by atoms with Gasteiger partial charge in [-0.3, -0.25) is 9.59 Å². The first-order valence-corrected chi connectivity index (χ1v) is 9.38. The number of para-hydroxylation sites is 1. The second-order valence-corrected chi connectivity index (χ2v) is 7.58. The number of anilines is 2. The SMILES string of the molecule is O=C(Nc1ccc(Br)cc1)C1CC1C(=O)N1CCCc2ccccc21. The number of nitrogens with one attached hydrogen (secondary N) is 1. The van der Waals surface area contributed by atoms with Crippen LogP contribution < -0.4 is 10.2 Å². The van der Waals surface area contributed by atoms with E-state index < -0.39 is 0 Å². The van der Waals surface area contributed by atoms with Crippen LogP contribution in [0.2, 0.25) is 0 Å². The molecule has 1 aliphatic carbocycles. The fourth-order valence-corrected chi connectivity index (χ4v) is 3.75. The summed E-state index contributed by atoms with van der Waals surface area (Å²) in [7, 11) is 0. The van der Waals surface area contributed by atoms with Crippen molar-refractivity contribution in [2.24, 2.45) is 11.8 Å². The average Bonchev–Trinajstić information content (AvgIpc) is 3.43. The number of amides is 2. The van der Waals surface area contributed by atoms with Crippen LogP contribution in [-0.2, 0) is 16.0 Å². The number of hydrogen-bond donors (Lipinski definition) is 1. The molecule has 1 N–H and O–H groups in total. The molecule has 2 atom stereocenters. The van der Waals surface area contributed by atoms with Crippen molar-refractivity contribution in [3.05, 3.63) is 58.6 Å². The third kappa shape index (κ3) is 3.33. The van der Waals surface area contributed by atoms with Gasteiger partial charge in [-0.1, -0.05) is 34.1 Å². The molecule has 1 fully saturated rings. The van der Waals surface area contributed by atoms with Crippen LogP contribution in [0.15, 0.2) is 53.0 Å². The number of benzene rings is 2. The molecule has 128 valence electrons. The number of aryl methyl sites for hydroxylation is 1. The molecule has 25 heavy (non-hydrogen) atoms. The van der Waals surface area contributed by atoms with Gasteiger partial charge in [-0.2, -0.15) is 0 Å². The molecule has 4 rings (SSSR count). The lowest BCUT2D eigenvalue weighted by atomic mass is 10.0. The minimum absolute atomic E-state index is 0.0639. The van der Waals surface area contributed by atoms with Gasteiger partial charge in [0.2, 0.25) is 11.8 Å². The third-order valence-electron chi connectivity index (χ3n) is 4.93. The number of fused-ring (bicyclic) bond motifs is 1. The van der Waals surface area contributed by atoms with Crippen LogP contribution in [0.5, 0.6) is 0 Å². The zero-order valence-corrected chi connectivity index (χ0v) is 15.3. The van der Waals surface area contributed by atoms with E-state index in [0.29, 0.717) is 6.42 Å². The second-order valence-electron chi connectivity index (χ2n) is 6.67. The molecule has 0 aromatic heterocycles. The van der Waals surface area contributed by atoms with Crippen molar-refractivity contribution in [1.82, 2.24) is 0 Å². The van der Waals surface area contributed by atoms with E-state index in [4.69, 9.17) is 0 Å². The summed E-state index contributed by atoms with van der Waals surface area (Å²) in [6.07, 6.45) is 2.63. The molecule has 2 aliphatic rings. The fraction of sp³-hybridized carbons (Fsp3) is 0.300. The molecule has 1 heterocycles. The summed E-state index contributed by atoms with van der Waals surface area (Å²) in [5, 5.41) is 2.91. The Kier molecular flexibility index (Phi) is 4.34. The standard InChI is InChI=1S/C20H19BrN2O2/c21-14-7-9-15(10-8-14)22-19(24)16-12-17(16)20(25)23-11-3-5-13-4-1-2-6-18(13)23/h1-2,4,6-10,16-17H,3,5,11-12H2,(H,22,24). The highest BCUT2D eigenvalue weighted by Crippen LogP contribution is 2.42. The normalized spacial score (nSPS) is 21.4. The first kappa shape index (κ1) is 16.3. The van der Waals surface area contributed by atoms with Gasteiger partial charge < -0.3 is 10.2 Å². The highest BCUT2D eigenvalue weighted by Gasteiger charge is 2.50. The van der Waals surface area contributed by atoms with E-state index in [2.05, 4.69) is 27.3 Å². The Morgan fingerprint density at radius 2 is 1.80 bits per heavy atom. The summed E-state index contributed by atoms with van der Waals surface area (Å²) >= 11 is 3.38. The van der Waals surface area contributed by atoms with Crippen molar-refractivity contribution < 1.29 is 9.59 Å². The molecular weight excluding hydrogens is 380 g/mol. The van der Waals surface area contributed by atoms with E-state index in [1.807, 2.05) is 47.4 Å². The minimum atomic E-state index is -0.217. The van der Waals surface area contributed by atoms with Crippen LogP contribution in [-0.4, -0.2) is 18.4 Å². The Morgan fingerprint density at radius 1 is 1.04 bits per heavy atom. The molecule has 2 amide bonds.